The molecule has 0 aliphatic carbocycles. The van der Waals surface area contributed by atoms with E-state index >= 15 is 0 Å². The number of amides is 1. The van der Waals surface area contributed by atoms with Gasteiger partial charge in [-0.25, -0.2) is 4.98 Å². The molecule has 0 spiro atoms. The van der Waals surface area contributed by atoms with Gasteiger partial charge < -0.3 is 5.32 Å². The maximum Gasteiger partial charge on any atom is 0.255 e. The SMILES string of the molecule is O=C(Nc1ccccc1Br)c1cc(Cl)nc(Cl)c1. The van der Waals surface area contributed by atoms with Gasteiger partial charge in [-0.15, -0.1) is 0 Å². The number of aromatic nitrogens is 1. The fourth-order valence-electron chi connectivity index (χ4n) is 1.35. The number of nitrogens with zero attached hydrogens (tertiary/aromatic N) is 1. The smallest absolute Gasteiger partial charge is 0.255 e. The van der Waals surface area contributed by atoms with Crippen molar-refractivity contribution in [2.24, 2.45) is 0 Å². The van der Waals surface area contributed by atoms with E-state index in [0.29, 0.717) is 11.3 Å². The molecule has 0 saturated carbocycles. The van der Waals surface area contributed by atoms with Gasteiger partial charge in [0.15, 0.2) is 0 Å². The largest absolute Gasteiger partial charge is 0.321 e. The molecule has 1 amide bonds. The maximum atomic E-state index is 12.0. The molecule has 92 valence electrons. The van der Waals surface area contributed by atoms with E-state index in [2.05, 4.69) is 26.2 Å². The van der Waals surface area contributed by atoms with Crippen LogP contribution in [0.5, 0.6) is 0 Å². The standard InChI is InChI=1S/C12H7BrCl2N2O/c13-8-3-1-2-4-9(8)16-12(18)7-5-10(14)17-11(15)6-7/h1-6H,(H,16,18). The van der Waals surface area contributed by atoms with Crippen molar-refractivity contribution >= 4 is 50.7 Å². The van der Waals surface area contributed by atoms with Gasteiger partial charge in [-0.1, -0.05) is 35.3 Å². The van der Waals surface area contributed by atoms with E-state index in [1.165, 1.54) is 12.1 Å². The minimum absolute atomic E-state index is 0.180. The van der Waals surface area contributed by atoms with Crippen LogP contribution in [0.4, 0.5) is 5.69 Å². The summed E-state index contributed by atoms with van der Waals surface area (Å²) < 4.78 is 0.796. The molecule has 18 heavy (non-hydrogen) atoms. The third-order valence-corrected chi connectivity index (χ3v) is 3.23. The Morgan fingerprint density at radius 3 is 2.39 bits per heavy atom. The van der Waals surface area contributed by atoms with Gasteiger partial charge in [-0.05, 0) is 40.2 Å². The predicted octanol–water partition coefficient (Wildman–Crippen LogP) is 4.40. The van der Waals surface area contributed by atoms with Gasteiger partial charge in [0, 0.05) is 10.0 Å². The summed E-state index contributed by atoms with van der Waals surface area (Å²) in [5.74, 6) is -0.298. The summed E-state index contributed by atoms with van der Waals surface area (Å²) in [5, 5.41) is 3.11. The second-order valence-electron chi connectivity index (χ2n) is 3.44. The Bertz CT molecular complexity index is 584. The summed E-state index contributed by atoms with van der Waals surface area (Å²) in [5.41, 5.74) is 1.03. The molecule has 3 nitrogen and oxygen atoms in total. The van der Waals surface area contributed by atoms with Crippen LogP contribution >= 0.6 is 39.1 Å². The first-order valence-corrected chi connectivity index (χ1v) is 6.50. The highest BCUT2D eigenvalue weighted by Gasteiger charge is 2.10. The van der Waals surface area contributed by atoms with Crippen molar-refractivity contribution in [1.29, 1.82) is 0 Å². The number of benzene rings is 1. The monoisotopic (exact) mass is 344 g/mol. The minimum Gasteiger partial charge on any atom is -0.321 e. The zero-order valence-corrected chi connectivity index (χ0v) is 12.1. The summed E-state index contributed by atoms with van der Waals surface area (Å²) in [7, 11) is 0. The fraction of sp³-hybridized carbons (Fsp3) is 0. The molecule has 6 heteroatoms. The van der Waals surface area contributed by atoms with E-state index in [0.717, 1.165) is 4.47 Å². The number of hydrogen-bond acceptors (Lipinski definition) is 2. The molecule has 2 rings (SSSR count). The molecular weight excluding hydrogens is 339 g/mol. The van der Waals surface area contributed by atoms with Gasteiger partial charge in [0.25, 0.3) is 5.91 Å². The molecule has 0 radical (unpaired) electrons. The molecular formula is C12H7BrCl2N2O. The van der Waals surface area contributed by atoms with Crippen LogP contribution in [-0.2, 0) is 0 Å². The van der Waals surface area contributed by atoms with Gasteiger partial charge in [0.2, 0.25) is 0 Å². The molecule has 0 saturated heterocycles. The lowest BCUT2D eigenvalue weighted by Crippen LogP contribution is -2.12. The maximum absolute atomic E-state index is 12.0. The Morgan fingerprint density at radius 2 is 1.78 bits per heavy atom. The lowest BCUT2D eigenvalue weighted by atomic mass is 10.2. The van der Waals surface area contributed by atoms with Gasteiger partial charge in [-0.2, -0.15) is 0 Å². The number of para-hydroxylation sites is 1. The number of anilines is 1. The summed E-state index contributed by atoms with van der Waals surface area (Å²) in [6, 6.07) is 10.2. The number of halogens is 3. The van der Waals surface area contributed by atoms with E-state index in [9.17, 15) is 4.79 Å². The van der Waals surface area contributed by atoms with Crippen molar-refractivity contribution in [3.63, 3.8) is 0 Å². The van der Waals surface area contributed by atoms with Gasteiger partial charge in [0.1, 0.15) is 10.3 Å². The van der Waals surface area contributed by atoms with Gasteiger partial charge in [-0.3, -0.25) is 4.79 Å². The number of hydrogen-bond donors (Lipinski definition) is 1. The first-order chi connectivity index (χ1) is 8.56. The van der Waals surface area contributed by atoms with Crippen LogP contribution in [0.15, 0.2) is 40.9 Å². The molecule has 1 heterocycles. The quantitative estimate of drug-likeness (QED) is 0.819. The Hall–Kier alpha value is -1.10. The zero-order valence-electron chi connectivity index (χ0n) is 8.95. The summed E-state index contributed by atoms with van der Waals surface area (Å²) >= 11 is 14.8. The first kappa shape index (κ1) is 13.3. The Balaban J connectivity index is 2.25. The summed E-state index contributed by atoms with van der Waals surface area (Å²) in [6.45, 7) is 0. The first-order valence-electron chi connectivity index (χ1n) is 4.95. The molecule has 0 bridgehead atoms. The van der Waals surface area contributed by atoms with E-state index in [1.54, 1.807) is 6.07 Å². The van der Waals surface area contributed by atoms with Crippen LogP contribution in [-0.4, -0.2) is 10.9 Å². The lowest BCUT2D eigenvalue weighted by molar-refractivity contribution is 0.102. The molecule has 1 N–H and O–H groups in total. The molecule has 0 aliphatic rings. The molecule has 0 aliphatic heterocycles. The van der Waals surface area contributed by atoms with Crippen LogP contribution in [0.2, 0.25) is 10.3 Å². The number of pyridine rings is 1. The Labute approximate surface area is 122 Å². The molecule has 2 aromatic rings. The van der Waals surface area contributed by atoms with Crippen molar-refractivity contribution in [3.8, 4) is 0 Å². The Kier molecular flexibility index (Phi) is 4.22. The average molecular weight is 346 g/mol. The normalized spacial score (nSPS) is 10.2. The van der Waals surface area contributed by atoms with Gasteiger partial charge in [0.05, 0.1) is 5.69 Å². The molecule has 0 fully saturated rings. The van der Waals surface area contributed by atoms with E-state index < -0.39 is 0 Å². The Morgan fingerprint density at radius 1 is 1.17 bits per heavy atom. The average Bonchev–Trinajstić information content (AvgIpc) is 2.31. The fourth-order valence-corrected chi connectivity index (χ4v) is 2.20. The predicted molar refractivity (Wildman–Crippen MR) is 76.4 cm³/mol. The molecule has 0 atom stereocenters. The lowest BCUT2D eigenvalue weighted by Gasteiger charge is -2.07. The van der Waals surface area contributed by atoms with Crippen LogP contribution in [0, 0.1) is 0 Å². The van der Waals surface area contributed by atoms with Crippen LogP contribution in [0.25, 0.3) is 0 Å². The summed E-state index contributed by atoms with van der Waals surface area (Å²) in [4.78, 5) is 15.8. The highest BCUT2D eigenvalue weighted by atomic mass is 79.9. The molecule has 0 unspecified atom stereocenters. The van der Waals surface area contributed by atoms with Crippen molar-refractivity contribution in [1.82, 2.24) is 4.98 Å². The third kappa shape index (κ3) is 3.22. The van der Waals surface area contributed by atoms with Crippen LogP contribution in [0.3, 0.4) is 0 Å². The molecule has 1 aromatic heterocycles. The number of rotatable bonds is 2. The van der Waals surface area contributed by atoms with E-state index in [1.807, 2.05) is 18.2 Å². The third-order valence-electron chi connectivity index (χ3n) is 2.15. The van der Waals surface area contributed by atoms with Crippen LogP contribution in [0.1, 0.15) is 10.4 Å². The van der Waals surface area contributed by atoms with E-state index in [-0.39, 0.29) is 16.2 Å². The highest BCUT2D eigenvalue weighted by Crippen LogP contribution is 2.22. The van der Waals surface area contributed by atoms with Gasteiger partial charge >= 0.3 is 0 Å². The second kappa shape index (κ2) is 5.69. The van der Waals surface area contributed by atoms with Crippen molar-refractivity contribution < 1.29 is 4.79 Å². The van der Waals surface area contributed by atoms with Crippen molar-refractivity contribution in [2.45, 2.75) is 0 Å². The number of carbonyl (C=O) groups is 1. The zero-order chi connectivity index (χ0) is 13.1. The minimum atomic E-state index is -0.298. The second-order valence-corrected chi connectivity index (χ2v) is 5.06. The van der Waals surface area contributed by atoms with E-state index in [4.69, 9.17) is 23.2 Å². The van der Waals surface area contributed by atoms with Crippen molar-refractivity contribution in [2.75, 3.05) is 5.32 Å². The summed E-state index contributed by atoms with van der Waals surface area (Å²) in [6.07, 6.45) is 0. The molecule has 1 aromatic carbocycles. The van der Waals surface area contributed by atoms with Crippen LogP contribution < -0.4 is 5.32 Å². The van der Waals surface area contributed by atoms with Crippen molar-refractivity contribution in [3.05, 3.63) is 56.7 Å². The number of nitrogens with one attached hydrogen (secondary N) is 1. The highest BCUT2D eigenvalue weighted by molar-refractivity contribution is 9.10. The topological polar surface area (TPSA) is 42.0 Å². The number of carbonyl (C=O) groups excluding carboxylic acids is 1.